The van der Waals surface area contributed by atoms with E-state index in [-0.39, 0.29) is 11.7 Å². The Hall–Kier alpha value is -2.23. The molecule has 0 bridgehead atoms. The van der Waals surface area contributed by atoms with E-state index in [0.717, 1.165) is 17.1 Å². The van der Waals surface area contributed by atoms with Gasteiger partial charge < -0.3 is 0 Å². The molecule has 1 saturated heterocycles. The van der Waals surface area contributed by atoms with Crippen LogP contribution in [0.2, 0.25) is 0 Å². The molecule has 0 aliphatic carbocycles. The van der Waals surface area contributed by atoms with Crippen LogP contribution in [0.15, 0.2) is 95.2 Å². The summed E-state index contributed by atoms with van der Waals surface area (Å²) in [5, 5.41) is 0. The Morgan fingerprint density at radius 1 is 0.724 bits per heavy atom. The van der Waals surface area contributed by atoms with Crippen LogP contribution in [0.4, 0.5) is 0 Å². The summed E-state index contributed by atoms with van der Waals surface area (Å²) >= 11 is 3.89. The number of rotatable bonds is 6. The molecule has 4 rings (SSSR count). The zero-order valence-electron chi connectivity index (χ0n) is 16.3. The van der Waals surface area contributed by atoms with Gasteiger partial charge in [0.1, 0.15) is 0 Å². The number of carbonyl (C=O) groups is 1. The van der Waals surface area contributed by atoms with E-state index in [4.69, 9.17) is 0 Å². The monoisotopic (exact) mass is 416 g/mol. The lowest BCUT2D eigenvalue weighted by atomic mass is 9.83. The third kappa shape index (κ3) is 5.04. The molecule has 1 atom stereocenters. The summed E-state index contributed by atoms with van der Waals surface area (Å²) in [5.41, 5.74) is 4.51. The minimum Gasteiger partial charge on any atom is -0.294 e. The molecule has 0 N–H and O–H groups in total. The van der Waals surface area contributed by atoms with Gasteiger partial charge in [0.2, 0.25) is 0 Å². The van der Waals surface area contributed by atoms with E-state index in [2.05, 4.69) is 54.6 Å². The number of hydrogen-bond donors (Lipinski definition) is 0. The fraction of sp³-hybridized carbons (Fsp3) is 0.192. The van der Waals surface area contributed by atoms with Crippen molar-refractivity contribution < 1.29 is 4.79 Å². The number of ketones is 1. The van der Waals surface area contributed by atoms with Crippen molar-refractivity contribution in [3.05, 3.63) is 112 Å². The molecule has 1 aliphatic heterocycles. The minimum absolute atomic E-state index is 0.0411. The van der Waals surface area contributed by atoms with Crippen molar-refractivity contribution in [2.75, 3.05) is 11.5 Å². The fourth-order valence-corrected chi connectivity index (χ4v) is 6.46. The molecule has 29 heavy (non-hydrogen) atoms. The zero-order valence-corrected chi connectivity index (χ0v) is 17.9. The second-order valence-corrected chi connectivity index (χ2v) is 9.54. The summed E-state index contributed by atoms with van der Waals surface area (Å²) in [4.78, 5) is 13.2. The molecule has 1 fully saturated rings. The maximum atomic E-state index is 13.2. The average molecular weight is 417 g/mol. The number of allylic oxidation sites excluding steroid dienone is 1. The highest BCUT2D eigenvalue weighted by molar-refractivity contribution is 8.23. The van der Waals surface area contributed by atoms with Gasteiger partial charge in [-0.1, -0.05) is 91.0 Å². The van der Waals surface area contributed by atoms with Crippen molar-refractivity contribution in [3.8, 4) is 0 Å². The van der Waals surface area contributed by atoms with Gasteiger partial charge in [-0.2, -0.15) is 0 Å². The van der Waals surface area contributed by atoms with Crippen LogP contribution in [0.25, 0.3) is 5.57 Å². The molecule has 0 saturated carbocycles. The maximum Gasteiger partial charge on any atom is 0.163 e. The summed E-state index contributed by atoms with van der Waals surface area (Å²) in [6.45, 7) is 0. The van der Waals surface area contributed by atoms with Crippen molar-refractivity contribution in [1.29, 1.82) is 0 Å². The molecular formula is C26H24OS2. The van der Waals surface area contributed by atoms with Gasteiger partial charge in [0, 0.05) is 22.1 Å². The first-order chi connectivity index (χ1) is 14.3. The van der Waals surface area contributed by atoms with Crippen LogP contribution in [-0.2, 0) is 0 Å². The average Bonchev–Trinajstić information content (AvgIpc) is 2.81. The Balaban J connectivity index is 1.80. The quantitative estimate of drug-likeness (QED) is 0.393. The molecule has 3 aromatic rings. The van der Waals surface area contributed by atoms with Gasteiger partial charge in [-0.25, -0.2) is 0 Å². The van der Waals surface area contributed by atoms with Crippen LogP contribution >= 0.6 is 23.5 Å². The van der Waals surface area contributed by atoms with Crippen LogP contribution in [0.5, 0.6) is 0 Å². The largest absolute Gasteiger partial charge is 0.294 e. The second kappa shape index (κ2) is 10.00. The van der Waals surface area contributed by atoms with Gasteiger partial charge >= 0.3 is 0 Å². The number of thioether (sulfide) groups is 2. The number of hydrogen-bond acceptors (Lipinski definition) is 3. The molecule has 0 radical (unpaired) electrons. The number of carbonyl (C=O) groups excluding carboxylic acids is 1. The lowest BCUT2D eigenvalue weighted by Crippen LogP contribution is -2.11. The topological polar surface area (TPSA) is 17.1 Å². The van der Waals surface area contributed by atoms with Crippen LogP contribution < -0.4 is 0 Å². The van der Waals surface area contributed by atoms with Crippen LogP contribution in [0.1, 0.15) is 40.2 Å². The third-order valence-electron chi connectivity index (χ3n) is 5.10. The van der Waals surface area contributed by atoms with Crippen LogP contribution in [-0.4, -0.2) is 17.3 Å². The lowest BCUT2D eigenvalue weighted by Gasteiger charge is -2.26. The molecule has 1 unspecified atom stereocenters. The van der Waals surface area contributed by atoms with Crippen molar-refractivity contribution >= 4 is 34.9 Å². The Kier molecular flexibility index (Phi) is 6.91. The van der Waals surface area contributed by atoms with E-state index in [9.17, 15) is 4.79 Å². The normalized spacial score (nSPS) is 15.0. The smallest absolute Gasteiger partial charge is 0.163 e. The van der Waals surface area contributed by atoms with E-state index in [1.807, 2.05) is 59.9 Å². The molecular weight excluding hydrogens is 392 g/mol. The Bertz CT molecular complexity index is 957. The lowest BCUT2D eigenvalue weighted by molar-refractivity contribution is 0.0979. The standard InChI is InChI=1S/C26H24OS2/c27-24(21-13-6-2-7-14-21)19-23(20-11-4-1-5-12-20)25(22-15-8-3-9-16-22)26-28-17-10-18-29-26/h1-9,11-16,23H,10,17-19H2. The van der Waals surface area contributed by atoms with Crippen molar-refractivity contribution in [2.45, 2.75) is 18.8 Å². The molecule has 3 heteroatoms. The van der Waals surface area contributed by atoms with E-state index in [1.54, 1.807) is 0 Å². The molecule has 1 heterocycles. The van der Waals surface area contributed by atoms with Gasteiger partial charge in [-0.3, -0.25) is 4.79 Å². The molecule has 1 nitrogen and oxygen atoms in total. The Morgan fingerprint density at radius 2 is 1.24 bits per heavy atom. The van der Waals surface area contributed by atoms with Crippen molar-refractivity contribution in [1.82, 2.24) is 0 Å². The molecule has 1 aliphatic rings. The van der Waals surface area contributed by atoms with Gasteiger partial charge in [-0.05, 0) is 34.6 Å². The summed E-state index contributed by atoms with van der Waals surface area (Å²) in [6, 6.07) is 30.8. The maximum absolute atomic E-state index is 13.2. The van der Waals surface area contributed by atoms with E-state index in [0.29, 0.717) is 6.42 Å². The predicted molar refractivity (Wildman–Crippen MR) is 127 cm³/mol. The van der Waals surface area contributed by atoms with Crippen molar-refractivity contribution in [3.63, 3.8) is 0 Å². The summed E-state index contributed by atoms with van der Waals surface area (Å²) in [5.74, 6) is 2.53. The third-order valence-corrected chi connectivity index (χ3v) is 7.75. The number of benzene rings is 3. The molecule has 0 amide bonds. The second-order valence-electron chi connectivity index (χ2n) is 7.07. The predicted octanol–water partition coefficient (Wildman–Crippen LogP) is 7.28. The Labute approximate surface area is 181 Å². The first-order valence-electron chi connectivity index (χ1n) is 10.0. The van der Waals surface area contributed by atoms with Crippen LogP contribution in [0, 0.1) is 0 Å². The molecule has 146 valence electrons. The molecule has 0 aromatic heterocycles. The fourth-order valence-electron chi connectivity index (χ4n) is 3.66. The summed E-state index contributed by atoms with van der Waals surface area (Å²) in [6.07, 6.45) is 1.71. The van der Waals surface area contributed by atoms with E-state index in [1.165, 1.54) is 27.4 Å². The highest BCUT2D eigenvalue weighted by Gasteiger charge is 2.26. The van der Waals surface area contributed by atoms with Crippen molar-refractivity contribution in [2.24, 2.45) is 0 Å². The highest BCUT2D eigenvalue weighted by atomic mass is 32.2. The first-order valence-corrected chi connectivity index (χ1v) is 12.0. The SMILES string of the molecule is O=C(CC(C(=C1SCCCS1)c1ccccc1)c1ccccc1)c1ccccc1. The first kappa shape index (κ1) is 20.1. The van der Waals surface area contributed by atoms with E-state index < -0.39 is 0 Å². The zero-order chi connectivity index (χ0) is 19.9. The minimum atomic E-state index is 0.0411. The van der Waals surface area contributed by atoms with Crippen LogP contribution in [0.3, 0.4) is 0 Å². The van der Waals surface area contributed by atoms with Gasteiger partial charge in [0.25, 0.3) is 0 Å². The Morgan fingerprint density at radius 3 is 1.83 bits per heavy atom. The van der Waals surface area contributed by atoms with Gasteiger partial charge in [0.05, 0.1) is 0 Å². The molecule has 3 aromatic carbocycles. The number of Topliss-reactive ketones (excluding diaryl/α,β-unsaturated/α-hetero) is 1. The summed E-state index contributed by atoms with van der Waals surface area (Å²) in [7, 11) is 0. The summed E-state index contributed by atoms with van der Waals surface area (Å²) < 4.78 is 1.37. The van der Waals surface area contributed by atoms with Gasteiger partial charge in [0.15, 0.2) is 5.78 Å². The molecule has 0 spiro atoms. The highest BCUT2D eigenvalue weighted by Crippen LogP contribution is 2.47. The van der Waals surface area contributed by atoms with Gasteiger partial charge in [-0.15, -0.1) is 23.5 Å². The van der Waals surface area contributed by atoms with E-state index >= 15 is 0 Å².